The molecule has 0 unspecified atom stereocenters. The van der Waals surface area contributed by atoms with Gasteiger partial charge in [0.25, 0.3) is 0 Å². The van der Waals surface area contributed by atoms with Crippen LogP contribution in [0.25, 0.3) is 11.1 Å². The number of hydrogen-bond donors (Lipinski definition) is 1. The van der Waals surface area contributed by atoms with Crippen molar-refractivity contribution in [1.82, 2.24) is 10.2 Å². The molecular weight excluding hydrogens is 328 g/mol. The number of urea groups is 1. The first kappa shape index (κ1) is 17.7. The number of allylic oxidation sites excluding steroid dienone is 1. The van der Waals surface area contributed by atoms with Crippen molar-refractivity contribution in [3.8, 4) is 11.1 Å². The fourth-order valence-corrected chi connectivity index (χ4v) is 3.29. The predicted molar refractivity (Wildman–Crippen MR) is 100 cm³/mol. The molecule has 5 heteroatoms. The van der Waals surface area contributed by atoms with E-state index < -0.39 is 12.0 Å². The highest BCUT2D eigenvalue weighted by Gasteiger charge is 2.35. The van der Waals surface area contributed by atoms with E-state index in [1.807, 2.05) is 61.5 Å². The molecule has 0 saturated heterocycles. The van der Waals surface area contributed by atoms with Gasteiger partial charge < -0.3 is 10.1 Å². The summed E-state index contributed by atoms with van der Waals surface area (Å²) in [7, 11) is 1.35. The Morgan fingerprint density at radius 3 is 2.27 bits per heavy atom. The number of carbonyl (C=O) groups is 2. The van der Waals surface area contributed by atoms with Crippen LogP contribution in [-0.4, -0.2) is 30.6 Å². The van der Waals surface area contributed by atoms with E-state index in [4.69, 9.17) is 4.74 Å². The molecule has 2 aromatic rings. The molecule has 1 N–H and O–H groups in total. The molecule has 0 fully saturated rings. The number of hydrogen-bond acceptors (Lipinski definition) is 3. The van der Waals surface area contributed by atoms with E-state index in [9.17, 15) is 9.59 Å². The molecule has 2 aromatic carbocycles. The van der Waals surface area contributed by atoms with Gasteiger partial charge in [-0.05, 0) is 30.5 Å². The molecule has 0 aromatic heterocycles. The molecule has 1 heterocycles. The zero-order valence-electron chi connectivity index (χ0n) is 15.2. The van der Waals surface area contributed by atoms with Crippen LogP contribution in [0.3, 0.4) is 0 Å². The Hall–Kier alpha value is -3.08. The number of carbonyl (C=O) groups excluding carboxylic acids is 2. The molecule has 134 valence electrons. The minimum atomic E-state index is -0.525. The normalized spacial score (nSPS) is 17.1. The van der Waals surface area contributed by atoms with Gasteiger partial charge >= 0.3 is 12.0 Å². The van der Waals surface area contributed by atoms with E-state index in [-0.39, 0.29) is 6.03 Å². The number of rotatable bonds is 4. The van der Waals surface area contributed by atoms with Crippen molar-refractivity contribution >= 4 is 12.0 Å². The standard InChI is InChI=1S/C21H22N2O3/c1-4-23-14(2)18(20(24)26-3)19(22-21(23)25)17-12-10-16(11-13-17)15-8-6-5-7-9-15/h5-13,19H,4H2,1-3H3,(H,22,25)/t19-/m0/s1. The third-order valence-electron chi connectivity index (χ3n) is 4.67. The topological polar surface area (TPSA) is 58.6 Å². The van der Waals surface area contributed by atoms with Gasteiger partial charge in [-0.15, -0.1) is 0 Å². The van der Waals surface area contributed by atoms with Crippen LogP contribution in [0.5, 0.6) is 0 Å². The Morgan fingerprint density at radius 2 is 1.69 bits per heavy atom. The summed E-state index contributed by atoms with van der Waals surface area (Å²) in [4.78, 5) is 26.3. The van der Waals surface area contributed by atoms with Crippen LogP contribution in [-0.2, 0) is 9.53 Å². The highest BCUT2D eigenvalue weighted by Crippen LogP contribution is 2.32. The average Bonchev–Trinajstić information content (AvgIpc) is 2.68. The third kappa shape index (κ3) is 3.20. The van der Waals surface area contributed by atoms with Crippen molar-refractivity contribution < 1.29 is 14.3 Å². The molecule has 0 spiro atoms. The maximum atomic E-state index is 12.4. The second kappa shape index (κ2) is 7.44. The molecule has 1 aliphatic rings. The number of nitrogens with zero attached hydrogens (tertiary/aromatic N) is 1. The SMILES string of the molecule is CCN1C(=O)N[C@@H](c2ccc(-c3ccccc3)cc2)C(C(=O)OC)=C1C. The lowest BCUT2D eigenvalue weighted by Gasteiger charge is -2.34. The van der Waals surface area contributed by atoms with Crippen LogP contribution in [0.1, 0.15) is 25.5 Å². The predicted octanol–water partition coefficient (Wildman–Crippen LogP) is 3.89. The van der Waals surface area contributed by atoms with Crippen LogP contribution in [0, 0.1) is 0 Å². The number of nitrogens with one attached hydrogen (secondary N) is 1. The molecule has 26 heavy (non-hydrogen) atoms. The van der Waals surface area contributed by atoms with E-state index in [1.54, 1.807) is 11.8 Å². The maximum Gasteiger partial charge on any atom is 0.337 e. The van der Waals surface area contributed by atoms with Gasteiger partial charge in [0.1, 0.15) is 0 Å². The number of methoxy groups -OCH3 is 1. The van der Waals surface area contributed by atoms with Crippen LogP contribution >= 0.6 is 0 Å². The number of esters is 1. The second-order valence-corrected chi connectivity index (χ2v) is 6.11. The Bertz CT molecular complexity index is 841. The zero-order chi connectivity index (χ0) is 18.7. The molecule has 1 aliphatic heterocycles. The molecule has 0 aliphatic carbocycles. The minimum absolute atomic E-state index is 0.213. The Morgan fingerprint density at radius 1 is 1.08 bits per heavy atom. The molecule has 1 atom stereocenters. The number of ether oxygens (including phenoxy) is 1. The first-order chi connectivity index (χ1) is 12.6. The summed E-state index contributed by atoms with van der Waals surface area (Å²) in [6.07, 6.45) is 0. The summed E-state index contributed by atoms with van der Waals surface area (Å²) >= 11 is 0. The molecular formula is C21H22N2O3. The lowest BCUT2D eigenvalue weighted by molar-refractivity contribution is -0.136. The number of amides is 2. The highest BCUT2D eigenvalue weighted by atomic mass is 16.5. The van der Waals surface area contributed by atoms with Crippen molar-refractivity contribution in [3.63, 3.8) is 0 Å². The van der Waals surface area contributed by atoms with E-state index in [0.717, 1.165) is 16.7 Å². The smallest absolute Gasteiger partial charge is 0.337 e. The van der Waals surface area contributed by atoms with Crippen LogP contribution in [0.2, 0.25) is 0 Å². The average molecular weight is 350 g/mol. The van der Waals surface area contributed by atoms with Gasteiger partial charge in [-0.2, -0.15) is 0 Å². The summed E-state index contributed by atoms with van der Waals surface area (Å²) in [5.74, 6) is -0.432. The molecule has 2 amide bonds. The van der Waals surface area contributed by atoms with Gasteiger partial charge in [0.05, 0.1) is 18.7 Å². The first-order valence-electron chi connectivity index (χ1n) is 8.59. The Labute approximate surface area is 153 Å². The Kier molecular flexibility index (Phi) is 5.07. The highest BCUT2D eigenvalue weighted by molar-refractivity contribution is 5.95. The molecule has 3 rings (SSSR count). The van der Waals surface area contributed by atoms with Crippen molar-refractivity contribution in [2.24, 2.45) is 0 Å². The van der Waals surface area contributed by atoms with Crippen molar-refractivity contribution in [2.75, 3.05) is 13.7 Å². The van der Waals surface area contributed by atoms with Crippen molar-refractivity contribution in [2.45, 2.75) is 19.9 Å². The summed E-state index contributed by atoms with van der Waals surface area (Å²) in [6, 6.07) is 17.2. The maximum absolute atomic E-state index is 12.4. The van der Waals surface area contributed by atoms with Crippen LogP contribution in [0.4, 0.5) is 4.79 Å². The van der Waals surface area contributed by atoms with Gasteiger partial charge in [-0.25, -0.2) is 9.59 Å². The molecule has 0 radical (unpaired) electrons. The summed E-state index contributed by atoms with van der Waals surface area (Å²) in [5.41, 5.74) is 4.12. The fraction of sp³-hybridized carbons (Fsp3) is 0.238. The molecule has 0 saturated carbocycles. The van der Waals surface area contributed by atoms with Gasteiger partial charge in [0.2, 0.25) is 0 Å². The summed E-state index contributed by atoms with van der Waals surface area (Å²) in [6.45, 7) is 4.13. The van der Waals surface area contributed by atoms with Crippen LogP contribution in [0.15, 0.2) is 65.9 Å². The molecule has 0 bridgehead atoms. The van der Waals surface area contributed by atoms with Gasteiger partial charge in [-0.1, -0.05) is 54.6 Å². The summed E-state index contributed by atoms with van der Waals surface area (Å²) < 4.78 is 4.96. The summed E-state index contributed by atoms with van der Waals surface area (Å²) in [5, 5.41) is 2.92. The van der Waals surface area contributed by atoms with Crippen molar-refractivity contribution in [3.05, 3.63) is 71.4 Å². The fourth-order valence-electron chi connectivity index (χ4n) is 3.29. The van der Waals surface area contributed by atoms with Gasteiger partial charge in [0.15, 0.2) is 0 Å². The second-order valence-electron chi connectivity index (χ2n) is 6.11. The van der Waals surface area contributed by atoms with Crippen molar-refractivity contribution in [1.29, 1.82) is 0 Å². The van der Waals surface area contributed by atoms with E-state index in [2.05, 4.69) is 5.32 Å². The van der Waals surface area contributed by atoms with Crippen LogP contribution < -0.4 is 5.32 Å². The first-order valence-corrected chi connectivity index (χ1v) is 8.59. The number of benzene rings is 2. The van der Waals surface area contributed by atoms with Gasteiger partial charge in [-0.3, -0.25) is 4.90 Å². The zero-order valence-corrected chi connectivity index (χ0v) is 15.2. The van der Waals surface area contributed by atoms with E-state index in [1.165, 1.54) is 7.11 Å². The third-order valence-corrected chi connectivity index (χ3v) is 4.67. The lowest BCUT2D eigenvalue weighted by Crippen LogP contribution is -2.47. The Balaban J connectivity index is 2.00. The van der Waals surface area contributed by atoms with E-state index in [0.29, 0.717) is 17.8 Å². The monoisotopic (exact) mass is 350 g/mol. The lowest BCUT2D eigenvalue weighted by atomic mass is 9.93. The minimum Gasteiger partial charge on any atom is -0.466 e. The molecule has 5 nitrogen and oxygen atoms in total. The largest absolute Gasteiger partial charge is 0.466 e. The quantitative estimate of drug-likeness (QED) is 0.851. The van der Waals surface area contributed by atoms with Gasteiger partial charge in [0, 0.05) is 12.2 Å². The van der Waals surface area contributed by atoms with E-state index >= 15 is 0 Å².